The Hall–Kier alpha value is 0.01000. The van der Waals surface area contributed by atoms with Gasteiger partial charge >= 0.3 is 5.37 Å². The molecule has 1 fully saturated rings. The molecule has 1 aliphatic rings. The van der Waals surface area contributed by atoms with E-state index in [0.717, 1.165) is 26.2 Å². The van der Waals surface area contributed by atoms with Gasteiger partial charge in [-0.2, -0.15) is 0 Å². The van der Waals surface area contributed by atoms with E-state index < -0.39 is 0 Å². The van der Waals surface area contributed by atoms with Gasteiger partial charge in [-0.05, 0) is 25.4 Å². The Kier molecular flexibility index (Phi) is 5.68. The molecule has 78 valence electrons. The van der Waals surface area contributed by atoms with Gasteiger partial charge in [-0.1, -0.05) is 0 Å². The first kappa shape index (κ1) is 13.0. The van der Waals surface area contributed by atoms with E-state index in [4.69, 9.17) is 11.6 Å². The Balaban J connectivity index is 0.00000144. The van der Waals surface area contributed by atoms with E-state index in [1.807, 2.05) is 0 Å². The van der Waals surface area contributed by atoms with Gasteiger partial charge in [0.05, 0.1) is 0 Å². The van der Waals surface area contributed by atoms with E-state index in [1.165, 1.54) is 0 Å². The Labute approximate surface area is 90.4 Å². The van der Waals surface area contributed by atoms with Crippen LogP contribution in [0.3, 0.4) is 0 Å². The highest BCUT2D eigenvalue weighted by Gasteiger charge is 2.20. The summed E-state index contributed by atoms with van der Waals surface area (Å²) >= 11 is 5.35. The summed E-state index contributed by atoms with van der Waals surface area (Å²) in [5.41, 5.74) is 0. The first-order valence-corrected chi connectivity index (χ1v) is 4.67. The molecule has 0 atom stereocenters. The molecule has 1 aliphatic heterocycles. The van der Waals surface area contributed by atoms with E-state index in [1.54, 1.807) is 4.90 Å². The number of carbonyl (C=O) groups is 1. The van der Waals surface area contributed by atoms with E-state index in [2.05, 4.69) is 18.7 Å². The van der Waals surface area contributed by atoms with E-state index in [0.29, 0.717) is 6.04 Å². The summed E-state index contributed by atoms with van der Waals surface area (Å²) in [5, 5.41) is -0.321. The van der Waals surface area contributed by atoms with Crippen molar-refractivity contribution >= 4 is 29.4 Å². The molecule has 0 aromatic heterocycles. The maximum atomic E-state index is 10.7. The lowest BCUT2D eigenvalue weighted by Crippen LogP contribution is -2.49. The Morgan fingerprint density at radius 2 is 1.69 bits per heavy atom. The summed E-state index contributed by atoms with van der Waals surface area (Å²) < 4.78 is 0. The summed E-state index contributed by atoms with van der Waals surface area (Å²) in [6.45, 7) is 7.74. The van der Waals surface area contributed by atoms with Crippen molar-refractivity contribution in [3.8, 4) is 0 Å². The Morgan fingerprint density at radius 3 is 2.00 bits per heavy atom. The predicted octanol–water partition coefficient (Wildman–Crippen LogP) is 1.79. The molecular weight excluding hydrogens is 211 g/mol. The van der Waals surface area contributed by atoms with Crippen LogP contribution in [-0.4, -0.2) is 47.4 Å². The maximum Gasteiger partial charge on any atom is 0.316 e. The van der Waals surface area contributed by atoms with Gasteiger partial charge in [0.15, 0.2) is 0 Å². The molecule has 0 radical (unpaired) electrons. The molecule has 1 saturated heterocycles. The minimum Gasteiger partial charge on any atom is -0.327 e. The second-order valence-corrected chi connectivity index (χ2v) is 3.69. The molecule has 0 unspecified atom stereocenters. The second-order valence-electron chi connectivity index (χ2n) is 3.37. The number of piperazine rings is 1. The minimum absolute atomic E-state index is 0. The zero-order valence-corrected chi connectivity index (χ0v) is 9.57. The number of amides is 1. The molecule has 0 aliphatic carbocycles. The van der Waals surface area contributed by atoms with Crippen LogP contribution in [0.5, 0.6) is 0 Å². The molecule has 1 rings (SSSR count). The average molecular weight is 227 g/mol. The van der Waals surface area contributed by atoms with Crippen molar-refractivity contribution in [1.82, 2.24) is 9.80 Å². The highest BCUT2D eigenvalue weighted by Crippen LogP contribution is 2.07. The van der Waals surface area contributed by atoms with Crippen molar-refractivity contribution in [2.45, 2.75) is 19.9 Å². The normalized spacial score (nSPS) is 18.6. The highest BCUT2D eigenvalue weighted by molar-refractivity contribution is 6.62. The fraction of sp³-hybridized carbons (Fsp3) is 0.875. The van der Waals surface area contributed by atoms with Crippen LogP contribution in [0.25, 0.3) is 0 Å². The highest BCUT2D eigenvalue weighted by atomic mass is 35.5. The quantitative estimate of drug-likeness (QED) is 0.503. The van der Waals surface area contributed by atoms with Crippen LogP contribution in [-0.2, 0) is 0 Å². The number of hydrogen-bond donors (Lipinski definition) is 0. The zero-order chi connectivity index (χ0) is 9.14. The number of hydrogen-bond acceptors (Lipinski definition) is 2. The lowest BCUT2D eigenvalue weighted by molar-refractivity contribution is 0.130. The van der Waals surface area contributed by atoms with Crippen molar-refractivity contribution in [3.05, 3.63) is 0 Å². The van der Waals surface area contributed by atoms with Gasteiger partial charge in [0.1, 0.15) is 0 Å². The first-order chi connectivity index (χ1) is 5.61. The van der Waals surface area contributed by atoms with Crippen LogP contribution >= 0.6 is 24.0 Å². The van der Waals surface area contributed by atoms with Gasteiger partial charge in [0, 0.05) is 32.2 Å². The molecule has 0 N–H and O–H groups in total. The fourth-order valence-corrected chi connectivity index (χ4v) is 1.58. The number of rotatable bonds is 1. The van der Waals surface area contributed by atoms with Crippen LogP contribution in [0.2, 0.25) is 0 Å². The summed E-state index contributed by atoms with van der Waals surface area (Å²) in [4.78, 5) is 14.8. The van der Waals surface area contributed by atoms with Crippen molar-refractivity contribution in [1.29, 1.82) is 0 Å². The monoisotopic (exact) mass is 226 g/mol. The van der Waals surface area contributed by atoms with E-state index in [-0.39, 0.29) is 17.8 Å². The summed E-state index contributed by atoms with van der Waals surface area (Å²) in [6, 6.07) is 0.567. The molecule has 13 heavy (non-hydrogen) atoms. The fourth-order valence-electron chi connectivity index (χ4n) is 1.41. The summed E-state index contributed by atoms with van der Waals surface area (Å²) in [6.07, 6.45) is 0. The Bertz CT molecular complexity index is 168. The number of carbonyl (C=O) groups excluding carboxylic acids is 1. The second kappa shape index (κ2) is 5.68. The van der Waals surface area contributed by atoms with Gasteiger partial charge in [-0.15, -0.1) is 12.4 Å². The maximum absolute atomic E-state index is 10.7. The number of nitrogens with zero attached hydrogens (tertiary/aromatic N) is 2. The van der Waals surface area contributed by atoms with Crippen LogP contribution in [0.4, 0.5) is 4.79 Å². The predicted molar refractivity (Wildman–Crippen MR) is 56.8 cm³/mol. The molecule has 0 spiro atoms. The Morgan fingerprint density at radius 1 is 1.23 bits per heavy atom. The third kappa shape index (κ3) is 3.71. The molecular formula is C8H16Cl2N2O. The lowest BCUT2D eigenvalue weighted by atomic mass is 10.2. The minimum atomic E-state index is -0.321. The molecule has 1 amide bonds. The van der Waals surface area contributed by atoms with Crippen molar-refractivity contribution in [2.75, 3.05) is 26.2 Å². The van der Waals surface area contributed by atoms with Crippen molar-refractivity contribution < 1.29 is 4.79 Å². The molecule has 0 saturated carbocycles. The summed E-state index contributed by atoms with van der Waals surface area (Å²) in [5.74, 6) is 0. The SMILES string of the molecule is CC(C)N1CCN(C(=O)Cl)CC1.Cl. The topological polar surface area (TPSA) is 23.6 Å². The van der Waals surface area contributed by atoms with Gasteiger partial charge in [-0.3, -0.25) is 9.69 Å². The van der Waals surface area contributed by atoms with Crippen LogP contribution in [0, 0.1) is 0 Å². The molecule has 5 heteroatoms. The zero-order valence-electron chi connectivity index (χ0n) is 7.99. The van der Waals surface area contributed by atoms with Crippen LogP contribution in [0.15, 0.2) is 0 Å². The molecule has 0 aromatic rings. The molecule has 1 heterocycles. The standard InChI is InChI=1S/C8H15ClN2O.ClH/c1-7(2)10-3-5-11(6-4-10)8(9)12;/h7H,3-6H2,1-2H3;1H. The van der Waals surface area contributed by atoms with E-state index in [9.17, 15) is 4.79 Å². The largest absolute Gasteiger partial charge is 0.327 e. The summed E-state index contributed by atoms with van der Waals surface area (Å²) in [7, 11) is 0. The van der Waals surface area contributed by atoms with Gasteiger partial charge in [-0.25, -0.2) is 0 Å². The van der Waals surface area contributed by atoms with Crippen LogP contribution < -0.4 is 0 Å². The van der Waals surface area contributed by atoms with Gasteiger partial charge in [0.2, 0.25) is 0 Å². The molecule has 0 bridgehead atoms. The third-order valence-corrected chi connectivity index (χ3v) is 2.53. The van der Waals surface area contributed by atoms with E-state index >= 15 is 0 Å². The van der Waals surface area contributed by atoms with Crippen LogP contribution in [0.1, 0.15) is 13.8 Å². The number of halogens is 2. The van der Waals surface area contributed by atoms with Gasteiger partial charge in [0.25, 0.3) is 0 Å². The van der Waals surface area contributed by atoms with Crippen molar-refractivity contribution in [3.63, 3.8) is 0 Å². The van der Waals surface area contributed by atoms with Gasteiger partial charge < -0.3 is 4.90 Å². The average Bonchev–Trinajstić information content (AvgIpc) is 2.04. The molecule has 3 nitrogen and oxygen atoms in total. The lowest BCUT2D eigenvalue weighted by Gasteiger charge is -2.35. The first-order valence-electron chi connectivity index (χ1n) is 4.29. The molecule has 0 aromatic carbocycles. The third-order valence-electron chi connectivity index (χ3n) is 2.29. The smallest absolute Gasteiger partial charge is 0.316 e. The van der Waals surface area contributed by atoms with Crippen molar-refractivity contribution in [2.24, 2.45) is 0 Å².